The van der Waals surface area contributed by atoms with Gasteiger partial charge in [0.1, 0.15) is 6.61 Å². The highest BCUT2D eigenvalue weighted by Crippen LogP contribution is 2.35. The zero-order chi connectivity index (χ0) is 16.4. The van der Waals surface area contributed by atoms with Crippen molar-refractivity contribution in [2.75, 3.05) is 6.61 Å². The molecule has 0 bridgehead atoms. The molecule has 0 amide bonds. The molecular formula is C18H17N3O2S. The molecule has 0 radical (unpaired) electrons. The fourth-order valence-electron chi connectivity index (χ4n) is 2.60. The summed E-state index contributed by atoms with van der Waals surface area (Å²) in [5.41, 5.74) is 1.26. The smallest absolute Gasteiger partial charge is 0.192 e. The number of hydrogen-bond donors (Lipinski definition) is 0. The van der Waals surface area contributed by atoms with Crippen molar-refractivity contribution in [3.8, 4) is 11.5 Å². The first-order chi connectivity index (χ1) is 11.8. The summed E-state index contributed by atoms with van der Waals surface area (Å²) in [5.74, 6) is 3.16. The second-order valence-corrected chi connectivity index (χ2v) is 6.48. The Morgan fingerprint density at radius 2 is 1.79 bits per heavy atom. The quantitative estimate of drug-likeness (QED) is 0.680. The normalized spacial score (nSPS) is 16.1. The SMILES string of the molecule is Cn1c(SCc2ccccc2)nnc1[C@@H]1COc2ccccc2O1. The van der Waals surface area contributed by atoms with Gasteiger partial charge in [0.25, 0.3) is 0 Å². The summed E-state index contributed by atoms with van der Waals surface area (Å²) in [6.45, 7) is 0.437. The topological polar surface area (TPSA) is 49.2 Å². The van der Waals surface area contributed by atoms with Crippen LogP contribution < -0.4 is 9.47 Å². The van der Waals surface area contributed by atoms with Gasteiger partial charge >= 0.3 is 0 Å². The highest BCUT2D eigenvalue weighted by Gasteiger charge is 2.27. The zero-order valence-corrected chi connectivity index (χ0v) is 14.1. The maximum atomic E-state index is 6.02. The molecule has 1 aliphatic rings. The lowest BCUT2D eigenvalue weighted by Gasteiger charge is -2.25. The molecule has 0 fully saturated rings. The van der Waals surface area contributed by atoms with E-state index < -0.39 is 0 Å². The number of ether oxygens (including phenoxy) is 2. The highest BCUT2D eigenvalue weighted by molar-refractivity contribution is 7.98. The first-order valence-electron chi connectivity index (χ1n) is 7.76. The second kappa shape index (κ2) is 6.57. The van der Waals surface area contributed by atoms with E-state index in [1.807, 2.05) is 54.1 Å². The first-order valence-corrected chi connectivity index (χ1v) is 8.74. The van der Waals surface area contributed by atoms with E-state index in [1.165, 1.54) is 5.56 Å². The minimum atomic E-state index is -0.247. The summed E-state index contributed by atoms with van der Waals surface area (Å²) in [6.07, 6.45) is -0.247. The minimum Gasteiger partial charge on any atom is -0.485 e. The highest BCUT2D eigenvalue weighted by atomic mass is 32.2. The van der Waals surface area contributed by atoms with Gasteiger partial charge in [-0.3, -0.25) is 0 Å². The molecular weight excluding hydrogens is 322 g/mol. The molecule has 6 heteroatoms. The van der Waals surface area contributed by atoms with Gasteiger partial charge in [-0.2, -0.15) is 0 Å². The number of fused-ring (bicyclic) bond motifs is 1. The van der Waals surface area contributed by atoms with Crippen LogP contribution >= 0.6 is 11.8 Å². The van der Waals surface area contributed by atoms with Crippen LogP contribution in [-0.2, 0) is 12.8 Å². The second-order valence-electron chi connectivity index (χ2n) is 5.54. The van der Waals surface area contributed by atoms with Gasteiger partial charge in [0.15, 0.2) is 28.6 Å². The number of benzene rings is 2. The molecule has 1 aliphatic heterocycles. The van der Waals surface area contributed by atoms with E-state index >= 15 is 0 Å². The monoisotopic (exact) mass is 339 g/mol. The molecule has 2 aromatic carbocycles. The molecule has 4 rings (SSSR count). The Balaban J connectivity index is 1.49. The lowest BCUT2D eigenvalue weighted by atomic mass is 10.2. The Kier molecular flexibility index (Phi) is 4.13. The maximum absolute atomic E-state index is 6.02. The average Bonchev–Trinajstić information content (AvgIpc) is 3.01. The van der Waals surface area contributed by atoms with Crippen LogP contribution in [0.5, 0.6) is 11.5 Å². The molecule has 3 aromatic rings. The van der Waals surface area contributed by atoms with Crippen molar-refractivity contribution >= 4 is 11.8 Å². The Morgan fingerprint density at radius 1 is 1.04 bits per heavy atom. The van der Waals surface area contributed by atoms with Crippen molar-refractivity contribution in [2.45, 2.75) is 17.0 Å². The van der Waals surface area contributed by atoms with Crippen LogP contribution in [0.1, 0.15) is 17.5 Å². The third-order valence-corrected chi connectivity index (χ3v) is 4.97. The van der Waals surface area contributed by atoms with Gasteiger partial charge in [-0.15, -0.1) is 10.2 Å². The molecule has 1 aromatic heterocycles. The lowest BCUT2D eigenvalue weighted by Crippen LogP contribution is -2.24. The molecule has 0 saturated heterocycles. The molecule has 122 valence electrons. The van der Waals surface area contributed by atoms with E-state index in [0.717, 1.165) is 28.2 Å². The van der Waals surface area contributed by atoms with Crippen LogP contribution in [0.2, 0.25) is 0 Å². The third kappa shape index (κ3) is 2.97. The zero-order valence-electron chi connectivity index (χ0n) is 13.3. The number of para-hydroxylation sites is 2. The number of thioether (sulfide) groups is 1. The van der Waals surface area contributed by atoms with E-state index in [2.05, 4.69) is 22.3 Å². The molecule has 0 saturated carbocycles. The van der Waals surface area contributed by atoms with E-state index in [4.69, 9.17) is 9.47 Å². The largest absolute Gasteiger partial charge is 0.485 e. The van der Waals surface area contributed by atoms with Crippen LogP contribution in [0.4, 0.5) is 0 Å². The van der Waals surface area contributed by atoms with E-state index in [-0.39, 0.29) is 6.10 Å². The summed E-state index contributed by atoms with van der Waals surface area (Å²) in [5, 5.41) is 9.49. The van der Waals surface area contributed by atoms with Gasteiger partial charge in [0, 0.05) is 12.8 Å². The van der Waals surface area contributed by atoms with E-state index in [9.17, 15) is 0 Å². The molecule has 0 N–H and O–H groups in total. The molecule has 24 heavy (non-hydrogen) atoms. The lowest BCUT2D eigenvalue weighted by molar-refractivity contribution is 0.0825. The van der Waals surface area contributed by atoms with Gasteiger partial charge in [-0.1, -0.05) is 54.2 Å². The summed E-state index contributed by atoms with van der Waals surface area (Å²) < 4.78 is 13.8. The molecule has 2 heterocycles. The number of rotatable bonds is 4. The Morgan fingerprint density at radius 3 is 2.62 bits per heavy atom. The molecule has 1 atom stereocenters. The summed E-state index contributed by atoms with van der Waals surface area (Å²) >= 11 is 1.66. The van der Waals surface area contributed by atoms with Crippen LogP contribution in [-0.4, -0.2) is 21.4 Å². The van der Waals surface area contributed by atoms with Gasteiger partial charge in [-0.25, -0.2) is 0 Å². The van der Waals surface area contributed by atoms with Crippen LogP contribution in [0.25, 0.3) is 0 Å². The fraction of sp³-hybridized carbons (Fsp3) is 0.222. The van der Waals surface area contributed by atoms with Gasteiger partial charge < -0.3 is 14.0 Å². The van der Waals surface area contributed by atoms with Gasteiger partial charge in [-0.05, 0) is 17.7 Å². The van der Waals surface area contributed by atoms with Crippen LogP contribution in [0, 0.1) is 0 Å². The minimum absolute atomic E-state index is 0.247. The Labute approximate surface area is 144 Å². The predicted molar refractivity (Wildman–Crippen MR) is 92.3 cm³/mol. The summed E-state index contributed by atoms with van der Waals surface area (Å²) in [4.78, 5) is 0. The molecule has 0 unspecified atom stereocenters. The number of nitrogens with zero attached hydrogens (tertiary/aromatic N) is 3. The van der Waals surface area contributed by atoms with Crippen molar-refractivity contribution in [2.24, 2.45) is 7.05 Å². The average molecular weight is 339 g/mol. The molecule has 0 spiro atoms. The first kappa shape index (κ1) is 15.1. The third-order valence-electron chi connectivity index (χ3n) is 3.88. The maximum Gasteiger partial charge on any atom is 0.192 e. The fourth-order valence-corrected chi connectivity index (χ4v) is 3.48. The summed E-state index contributed by atoms with van der Waals surface area (Å²) in [6, 6.07) is 18.0. The Hall–Kier alpha value is -2.47. The van der Waals surface area contributed by atoms with E-state index in [0.29, 0.717) is 6.61 Å². The van der Waals surface area contributed by atoms with Crippen molar-refractivity contribution in [1.82, 2.24) is 14.8 Å². The molecule has 5 nitrogen and oxygen atoms in total. The summed E-state index contributed by atoms with van der Waals surface area (Å²) in [7, 11) is 1.96. The predicted octanol–water partition coefficient (Wildman–Crippen LogP) is 3.62. The van der Waals surface area contributed by atoms with Crippen molar-refractivity contribution < 1.29 is 9.47 Å². The van der Waals surface area contributed by atoms with Crippen molar-refractivity contribution in [1.29, 1.82) is 0 Å². The number of aromatic nitrogens is 3. The van der Waals surface area contributed by atoms with Crippen LogP contribution in [0.3, 0.4) is 0 Å². The Bertz CT molecular complexity index is 835. The van der Waals surface area contributed by atoms with E-state index in [1.54, 1.807) is 11.8 Å². The van der Waals surface area contributed by atoms with Crippen LogP contribution in [0.15, 0.2) is 59.8 Å². The molecule has 0 aliphatic carbocycles. The number of hydrogen-bond acceptors (Lipinski definition) is 5. The van der Waals surface area contributed by atoms with Crippen molar-refractivity contribution in [3.63, 3.8) is 0 Å². The van der Waals surface area contributed by atoms with Gasteiger partial charge in [0.05, 0.1) is 0 Å². The standard InChI is InChI=1S/C18H17N3O2S/c1-21-17(16-11-22-14-9-5-6-10-15(14)23-16)19-20-18(21)24-12-13-7-3-2-4-8-13/h2-10,16H,11-12H2,1H3/t16-/m0/s1. The van der Waals surface area contributed by atoms with Crippen molar-refractivity contribution in [3.05, 3.63) is 66.0 Å². The van der Waals surface area contributed by atoms with Gasteiger partial charge in [0.2, 0.25) is 0 Å².